The predicted molar refractivity (Wildman–Crippen MR) is 63.0 cm³/mol. The van der Waals surface area contributed by atoms with Gasteiger partial charge in [-0.05, 0) is 31.0 Å². The van der Waals surface area contributed by atoms with Gasteiger partial charge in [0.05, 0.1) is 17.4 Å². The van der Waals surface area contributed by atoms with Crippen LogP contribution in [0.25, 0.3) is 0 Å². The molecule has 2 atom stereocenters. The van der Waals surface area contributed by atoms with Crippen LogP contribution < -0.4 is 5.32 Å². The molecule has 1 aromatic carbocycles. The smallest absolute Gasteiger partial charge is 0.124 e. The van der Waals surface area contributed by atoms with Crippen molar-refractivity contribution in [2.24, 2.45) is 5.92 Å². The third-order valence-electron chi connectivity index (χ3n) is 3.28. The van der Waals surface area contributed by atoms with Gasteiger partial charge in [-0.3, -0.25) is 0 Å². The maximum absolute atomic E-state index is 12.9. The van der Waals surface area contributed by atoms with E-state index in [0.29, 0.717) is 17.8 Å². The van der Waals surface area contributed by atoms with Gasteiger partial charge in [0.1, 0.15) is 11.9 Å². The Kier molecular flexibility index (Phi) is 3.60. The number of benzene rings is 1. The van der Waals surface area contributed by atoms with E-state index in [1.165, 1.54) is 12.1 Å². The Morgan fingerprint density at radius 2 is 2.29 bits per heavy atom. The van der Waals surface area contributed by atoms with Crippen molar-refractivity contribution in [1.29, 1.82) is 5.26 Å². The molecule has 1 aromatic rings. The zero-order valence-corrected chi connectivity index (χ0v) is 9.49. The van der Waals surface area contributed by atoms with Gasteiger partial charge >= 0.3 is 0 Å². The minimum atomic E-state index is -0.409. The van der Waals surface area contributed by atoms with E-state index in [9.17, 15) is 9.50 Å². The van der Waals surface area contributed by atoms with Gasteiger partial charge in [0, 0.05) is 12.5 Å². The molecule has 0 amide bonds. The molecule has 0 heterocycles. The molecule has 90 valence electrons. The first-order chi connectivity index (χ1) is 8.20. The highest BCUT2D eigenvalue weighted by Gasteiger charge is 2.24. The topological polar surface area (TPSA) is 56.0 Å². The van der Waals surface area contributed by atoms with E-state index >= 15 is 0 Å². The number of nitrogens with one attached hydrogen (secondary N) is 1. The molecule has 0 aromatic heterocycles. The van der Waals surface area contributed by atoms with Crippen molar-refractivity contribution < 1.29 is 9.50 Å². The Bertz CT molecular complexity index is 442. The summed E-state index contributed by atoms with van der Waals surface area (Å²) in [6.45, 7) is 0.626. The van der Waals surface area contributed by atoms with Crippen LogP contribution in [-0.2, 0) is 0 Å². The second-order valence-corrected chi connectivity index (χ2v) is 4.44. The zero-order chi connectivity index (χ0) is 12.3. The van der Waals surface area contributed by atoms with E-state index in [1.807, 2.05) is 6.07 Å². The number of halogens is 1. The monoisotopic (exact) mass is 234 g/mol. The van der Waals surface area contributed by atoms with Gasteiger partial charge in [0.15, 0.2) is 0 Å². The number of aliphatic hydroxyl groups is 1. The highest BCUT2D eigenvalue weighted by atomic mass is 19.1. The molecule has 2 unspecified atom stereocenters. The summed E-state index contributed by atoms with van der Waals surface area (Å²) in [6, 6.07) is 6.07. The summed E-state index contributed by atoms with van der Waals surface area (Å²) in [5.74, 6) is -0.181. The highest BCUT2D eigenvalue weighted by Crippen LogP contribution is 2.26. The van der Waals surface area contributed by atoms with Crippen molar-refractivity contribution in [2.75, 3.05) is 11.9 Å². The van der Waals surface area contributed by atoms with Crippen LogP contribution in [0.3, 0.4) is 0 Å². The molecule has 1 fully saturated rings. The molecule has 0 spiro atoms. The summed E-state index contributed by atoms with van der Waals surface area (Å²) in [5.41, 5.74) is 0.936. The van der Waals surface area contributed by atoms with Crippen LogP contribution in [-0.4, -0.2) is 17.8 Å². The van der Waals surface area contributed by atoms with Crippen molar-refractivity contribution in [3.63, 3.8) is 0 Å². The molecule has 17 heavy (non-hydrogen) atoms. The molecule has 4 heteroatoms. The quantitative estimate of drug-likeness (QED) is 0.843. The van der Waals surface area contributed by atoms with Gasteiger partial charge in [-0.25, -0.2) is 4.39 Å². The van der Waals surface area contributed by atoms with Crippen molar-refractivity contribution >= 4 is 5.69 Å². The van der Waals surface area contributed by atoms with Gasteiger partial charge < -0.3 is 10.4 Å². The van der Waals surface area contributed by atoms with Crippen LogP contribution in [0, 0.1) is 23.1 Å². The molecular formula is C13H15FN2O. The minimum Gasteiger partial charge on any atom is -0.393 e. The van der Waals surface area contributed by atoms with Gasteiger partial charge in [0.25, 0.3) is 0 Å². The normalized spacial score (nSPS) is 23.4. The van der Waals surface area contributed by atoms with Gasteiger partial charge in [-0.15, -0.1) is 0 Å². The number of aliphatic hydroxyl groups excluding tert-OH is 1. The van der Waals surface area contributed by atoms with E-state index < -0.39 is 5.82 Å². The Balaban J connectivity index is 2.01. The zero-order valence-electron chi connectivity index (χ0n) is 9.49. The molecule has 1 saturated carbocycles. The fourth-order valence-electron chi connectivity index (χ4n) is 2.26. The standard InChI is InChI=1S/C13H15FN2O/c14-11-4-5-12(10(6-11)7-15)16-8-9-2-1-3-13(9)17/h4-6,9,13,16-17H,1-3,8H2. The largest absolute Gasteiger partial charge is 0.393 e. The van der Waals surface area contributed by atoms with Gasteiger partial charge in [-0.1, -0.05) is 6.42 Å². The number of anilines is 1. The van der Waals surface area contributed by atoms with Gasteiger partial charge in [0.2, 0.25) is 0 Å². The summed E-state index contributed by atoms with van der Waals surface area (Å²) >= 11 is 0. The molecule has 0 radical (unpaired) electrons. The van der Waals surface area contributed by atoms with E-state index in [2.05, 4.69) is 5.32 Å². The second kappa shape index (κ2) is 5.15. The molecule has 1 aliphatic rings. The van der Waals surface area contributed by atoms with Crippen LogP contribution in [0.15, 0.2) is 18.2 Å². The van der Waals surface area contributed by atoms with E-state index in [-0.39, 0.29) is 12.0 Å². The predicted octanol–water partition coefficient (Wildman–Crippen LogP) is 2.27. The molecule has 2 N–H and O–H groups in total. The lowest BCUT2D eigenvalue weighted by molar-refractivity contribution is 0.138. The van der Waals surface area contributed by atoms with Crippen LogP contribution >= 0.6 is 0 Å². The summed E-state index contributed by atoms with van der Waals surface area (Å²) in [5, 5.41) is 21.7. The maximum atomic E-state index is 12.9. The lowest BCUT2D eigenvalue weighted by Crippen LogP contribution is -2.22. The Hall–Kier alpha value is -1.60. The first-order valence-electron chi connectivity index (χ1n) is 5.82. The SMILES string of the molecule is N#Cc1cc(F)ccc1NCC1CCCC1O. The lowest BCUT2D eigenvalue weighted by atomic mass is 10.1. The Labute approximate surface area is 99.9 Å². The van der Waals surface area contributed by atoms with Crippen molar-refractivity contribution in [2.45, 2.75) is 25.4 Å². The van der Waals surface area contributed by atoms with Crippen LogP contribution in [0.5, 0.6) is 0 Å². The summed E-state index contributed by atoms with van der Waals surface area (Å²) in [7, 11) is 0. The molecule has 0 bridgehead atoms. The average Bonchev–Trinajstić information content (AvgIpc) is 2.73. The summed E-state index contributed by atoms with van der Waals surface area (Å²) in [4.78, 5) is 0. The average molecular weight is 234 g/mol. The van der Waals surface area contributed by atoms with Crippen LogP contribution in [0.1, 0.15) is 24.8 Å². The molecule has 3 nitrogen and oxygen atoms in total. The van der Waals surface area contributed by atoms with E-state index in [1.54, 1.807) is 6.07 Å². The van der Waals surface area contributed by atoms with Gasteiger partial charge in [-0.2, -0.15) is 5.26 Å². The molecule has 0 aliphatic heterocycles. The lowest BCUT2D eigenvalue weighted by Gasteiger charge is -2.16. The number of hydrogen-bond acceptors (Lipinski definition) is 3. The fourth-order valence-corrected chi connectivity index (χ4v) is 2.26. The van der Waals surface area contributed by atoms with Crippen molar-refractivity contribution in [3.8, 4) is 6.07 Å². The highest BCUT2D eigenvalue weighted by molar-refractivity contribution is 5.57. The minimum absolute atomic E-state index is 0.228. The van der Waals surface area contributed by atoms with E-state index in [4.69, 9.17) is 5.26 Å². The molecule has 1 aliphatic carbocycles. The summed E-state index contributed by atoms with van der Waals surface area (Å²) < 4.78 is 12.9. The number of hydrogen-bond donors (Lipinski definition) is 2. The first-order valence-corrected chi connectivity index (χ1v) is 5.82. The third kappa shape index (κ3) is 2.75. The van der Waals surface area contributed by atoms with Crippen molar-refractivity contribution in [1.82, 2.24) is 0 Å². The maximum Gasteiger partial charge on any atom is 0.124 e. The number of rotatable bonds is 3. The Morgan fingerprint density at radius 3 is 2.94 bits per heavy atom. The fraction of sp³-hybridized carbons (Fsp3) is 0.462. The molecule has 0 saturated heterocycles. The van der Waals surface area contributed by atoms with Crippen LogP contribution in [0.4, 0.5) is 10.1 Å². The van der Waals surface area contributed by atoms with Crippen LogP contribution in [0.2, 0.25) is 0 Å². The summed E-state index contributed by atoms with van der Waals surface area (Å²) in [6.07, 6.45) is 2.63. The molecular weight excluding hydrogens is 219 g/mol. The first kappa shape index (κ1) is 11.9. The van der Waals surface area contributed by atoms with Crippen molar-refractivity contribution in [3.05, 3.63) is 29.6 Å². The van der Waals surface area contributed by atoms with E-state index in [0.717, 1.165) is 19.3 Å². The number of nitrogens with zero attached hydrogens (tertiary/aromatic N) is 1. The third-order valence-corrected chi connectivity index (χ3v) is 3.28. The second-order valence-electron chi connectivity index (χ2n) is 4.44. The number of nitriles is 1. The Morgan fingerprint density at radius 1 is 1.47 bits per heavy atom. The molecule has 2 rings (SSSR count).